The molecule has 1 saturated heterocycles. The van der Waals surface area contributed by atoms with Gasteiger partial charge in [0.15, 0.2) is 0 Å². The molecule has 2 aliphatic rings. The molecule has 98 valence electrons. The third-order valence-corrected chi connectivity index (χ3v) is 4.45. The van der Waals surface area contributed by atoms with Crippen LogP contribution in [0, 0.1) is 0 Å². The molecule has 1 heterocycles. The van der Waals surface area contributed by atoms with E-state index in [0.717, 1.165) is 26.1 Å². The van der Waals surface area contributed by atoms with Gasteiger partial charge in [-0.1, -0.05) is 31.2 Å². The average Bonchev–Trinajstić information content (AvgIpc) is 2.44. The molecule has 1 aromatic rings. The van der Waals surface area contributed by atoms with E-state index in [9.17, 15) is 0 Å². The predicted molar refractivity (Wildman–Crippen MR) is 73.8 cm³/mol. The van der Waals surface area contributed by atoms with Crippen LogP contribution in [0.3, 0.4) is 0 Å². The molecule has 0 radical (unpaired) electrons. The zero-order chi connectivity index (χ0) is 12.4. The van der Waals surface area contributed by atoms with Gasteiger partial charge in [0.2, 0.25) is 0 Å². The highest BCUT2D eigenvalue weighted by Gasteiger charge is 2.26. The van der Waals surface area contributed by atoms with E-state index in [-0.39, 0.29) is 0 Å². The van der Waals surface area contributed by atoms with Crippen LogP contribution in [-0.2, 0) is 4.74 Å². The molecule has 2 nitrogen and oxygen atoms in total. The summed E-state index contributed by atoms with van der Waals surface area (Å²) in [6.45, 7) is 4.19. The van der Waals surface area contributed by atoms with Gasteiger partial charge >= 0.3 is 0 Å². The summed E-state index contributed by atoms with van der Waals surface area (Å²) in [7, 11) is 0. The number of rotatable bonds is 2. The molecule has 1 aromatic carbocycles. The summed E-state index contributed by atoms with van der Waals surface area (Å²) in [6, 6.07) is 10.2. The van der Waals surface area contributed by atoms with E-state index < -0.39 is 0 Å². The molecule has 0 saturated carbocycles. The zero-order valence-corrected chi connectivity index (χ0v) is 11.2. The standard InChI is InChI=1S/C16H23NO/c1-12-6-7-16(15-5-3-2-4-14(12)15)17-13-8-10-18-11-9-13/h2-5,12-13,16-17H,6-11H2,1H3. The molecule has 1 aliphatic carbocycles. The molecule has 0 bridgehead atoms. The van der Waals surface area contributed by atoms with Crippen molar-refractivity contribution in [2.24, 2.45) is 0 Å². The normalized spacial score (nSPS) is 28.9. The summed E-state index contributed by atoms with van der Waals surface area (Å²) in [5.41, 5.74) is 3.08. The van der Waals surface area contributed by atoms with E-state index in [4.69, 9.17) is 4.74 Å². The maximum atomic E-state index is 5.44. The number of hydrogen-bond acceptors (Lipinski definition) is 2. The first kappa shape index (κ1) is 12.2. The van der Waals surface area contributed by atoms with Crippen molar-refractivity contribution >= 4 is 0 Å². The topological polar surface area (TPSA) is 21.3 Å². The Bertz CT molecular complexity index is 398. The van der Waals surface area contributed by atoms with Crippen LogP contribution in [0.1, 0.15) is 55.7 Å². The van der Waals surface area contributed by atoms with Crippen LogP contribution < -0.4 is 5.32 Å². The first-order valence-corrected chi connectivity index (χ1v) is 7.27. The minimum atomic E-state index is 0.556. The third kappa shape index (κ3) is 2.45. The van der Waals surface area contributed by atoms with Gasteiger partial charge in [0.1, 0.15) is 0 Å². The molecule has 0 spiro atoms. The molecule has 18 heavy (non-hydrogen) atoms. The smallest absolute Gasteiger partial charge is 0.0480 e. The fourth-order valence-corrected chi connectivity index (χ4v) is 3.33. The molecular weight excluding hydrogens is 222 g/mol. The Balaban J connectivity index is 1.75. The second-order valence-corrected chi connectivity index (χ2v) is 5.71. The maximum absolute atomic E-state index is 5.44. The van der Waals surface area contributed by atoms with Crippen molar-refractivity contribution in [2.75, 3.05) is 13.2 Å². The summed E-state index contributed by atoms with van der Waals surface area (Å²) in [5, 5.41) is 3.85. The number of fused-ring (bicyclic) bond motifs is 1. The Kier molecular flexibility index (Phi) is 3.67. The molecule has 1 N–H and O–H groups in total. The SMILES string of the molecule is CC1CCC(NC2CCOCC2)c2ccccc21. The van der Waals surface area contributed by atoms with Gasteiger partial charge in [0.25, 0.3) is 0 Å². The summed E-state index contributed by atoms with van der Waals surface area (Å²) in [4.78, 5) is 0. The highest BCUT2D eigenvalue weighted by molar-refractivity contribution is 5.35. The largest absolute Gasteiger partial charge is 0.381 e. The first-order valence-electron chi connectivity index (χ1n) is 7.27. The Morgan fingerprint density at radius 3 is 2.50 bits per heavy atom. The van der Waals surface area contributed by atoms with Crippen molar-refractivity contribution in [3.8, 4) is 0 Å². The molecule has 0 aromatic heterocycles. The number of ether oxygens (including phenoxy) is 1. The van der Waals surface area contributed by atoms with Crippen molar-refractivity contribution in [1.82, 2.24) is 5.32 Å². The number of nitrogens with one attached hydrogen (secondary N) is 1. The molecule has 2 atom stereocenters. The summed E-state index contributed by atoms with van der Waals surface area (Å²) in [5.74, 6) is 0.717. The van der Waals surface area contributed by atoms with Crippen molar-refractivity contribution < 1.29 is 4.74 Å². The lowest BCUT2D eigenvalue weighted by Gasteiger charge is -2.34. The fraction of sp³-hybridized carbons (Fsp3) is 0.625. The van der Waals surface area contributed by atoms with E-state index in [2.05, 4.69) is 36.5 Å². The molecule has 2 unspecified atom stereocenters. The van der Waals surface area contributed by atoms with Crippen molar-refractivity contribution in [3.05, 3.63) is 35.4 Å². The van der Waals surface area contributed by atoms with Crippen LogP contribution in [0.25, 0.3) is 0 Å². The Morgan fingerprint density at radius 1 is 1.00 bits per heavy atom. The van der Waals surface area contributed by atoms with Gasteiger partial charge in [-0.15, -0.1) is 0 Å². The van der Waals surface area contributed by atoms with E-state index >= 15 is 0 Å². The molecule has 1 aliphatic heterocycles. The second-order valence-electron chi connectivity index (χ2n) is 5.71. The summed E-state index contributed by atoms with van der Waals surface area (Å²) < 4.78 is 5.44. The van der Waals surface area contributed by atoms with Crippen LogP contribution in [0.15, 0.2) is 24.3 Å². The van der Waals surface area contributed by atoms with Gasteiger partial charge in [0.05, 0.1) is 0 Å². The zero-order valence-electron chi connectivity index (χ0n) is 11.2. The van der Waals surface area contributed by atoms with E-state index in [1.807, 2.05) is 0 Å². The Morgan fingerprint density at radius 2 is 1.72 bits per heavy atom. The maximum Gasteiger partial charge on any atom is 0.0480 e. The van der Waals surface area contributed by atoms with Crippen LogP contribution in [0.5, 0.6) is 0 Å². The average molecular weight is 245 g/mol. The Hall–Kier alpha value is -0.860. The van der Waals surface area contributed by atoms with E-state index in [0.29, 0.717) is 18.0 Å². The second kappa shape index (κ2) is 5.41. The van der Waals surface area contributed by atoms with Gasteiger partial charge in [-0.2, -0.15) is 0 Å². The highest BCUT2D eigenvalue weighted by Crippen LogP contribution is 2.37. The van der Waals surface area contributed by atoms with E-state index in [1.54, 1.807) is 5.56 Å². The van der Waals surface area contributed by atoms with Crippen LogP contribution in [0.4, 0.5) is 0 Å². The summed E-state index contributed by atoms with van der Waals surface area (Å²) >= 11 is 0. The molecule has 0 amide bonds. The van der Waals surface area contributed by atoms with Crippen LogP contribution in [0.2, 0.25) is 0 Å². The lowest BCUT2D eigenvalue weighted by molar-refractivity contribution is 0.0740. The van der Waals surface area contributed by atoms with Crippen molar-refractivity contribution in [1.29, 1.82) is 0 Å². The van der Waals surface area contributed by atoms with Gasteiger partial charge in [-0.3, -0.25) is 0 Å². The third-order valence-electron chi connectivity index (χ3n) is 4.45. The number of hydrogen-bond donors (Lipinski definition) is 1. The van der Waals surface area contributed by atoms with Gasteiger partial charge < -0.3 is 10.1 Å². The molecular formula is C16H23NO. The van der Waals surface area contributed by atoms with Crippen molar-refractivity contribution in [2.45, 2.75) is 50.6 Å². The molecule has 3 rings (SSSR count). The Labute approximate surface area is 110 Å². The minimum absolute atomic E-state index is 0.556. The highest BCUT2D eigenvalue weighted by atomic mass is 16.5. The predicted octanol–water partition coefficient (Wildman–Crippen LogP) is 3.39. The number of benzene rings is 1. The van der Waals surface area contributed by atoms with Crippen LogP contribution in [-0.4, -0.2) is 19.3 Å². The lowest BCUT2D eigenvalue weighted by atomic mass is 9.80. The molecule has 2 heteroatoms. The quantitative estimate of drug-likeness (QED) is 0.862. The van der Waals surface area contributed by atoms with Crippen molar-refractivity contribution in [3.63, 3.8) is 0 Å². The lowest BCUT2D eigenvalue weighted by Crippen LogP contribution is -2.38. The van der Waals surface area contributed by atoms with Crippen LogP contribution >= 0.6 is 0 Å². The minimum Gasteiger partial charge on any atom is -0.381 e. The fourth-order valence-electron chi connectivity index (χ4n) is 3.33. The van der Waals surface area contributed by atoms with Gasteiger partial charge in [-0.25, -0.2) is 0 Å². The summed E-state index contributed by atoms with van der Waals surface area (Å²) in [6.07, 6.45) is 4.90. The van der Waals surface area contributed by atoms with Gasteiger partial charge in [0, 0.05) is 25.3 Å². The van der Waals surface area contributed by atoms with Gasteiger partial charge in [-0.05, 0) is 42.7 Å². The van der Waals surface area contributed by atoms with E-state index in [1.165, 1.54) is 18.4 Å². The first-order chi connectivity index (χ1) is 8.84. The molecule has 1 fully saturated rings. The monoisotopic (exact) mass is 245 g/mol.